The first-order chi connectivity index (χ1) is 8.85. The number of aromatic nitrogens is 2. The fraction of sp³-hybridized carbons (Fsp3) is 0.714. The van der Waals surface area contributed by atoms with E-state index < -0.39 is 0 Å². The van der Waals surface area contributed by atoms with Crippen LogP contribution in [-0.4, -0.2) is 23.1 Å². The van der Waals surface area contributed by atoms with E-state index in [0.717, 1.165) is 13.1 Å². The van der Waals surface area contributed by atoms with E-state index in [4.69, 9.17) is 5.73 Å². The summed E-state index contributed by atoms with van der Waals surface area (Å²) in [6.07, 6.45) is 11.5. The highest BCUT2D eigenvalue weighted by atomic mass is 15.1. The molecule has 0 amide bonds. The molecule has 0 aliphatic heterocycles. The van der Waals surface area contributed by atoms with E-state index in [1.807, 2.05) is 6.92 Å². The number of nitrogens with zero attached hydrogens (tertiary/aromatic N) is 2. The van der Waals surface area contributed by atoms with Crippen LogP contribution in [0.4, 0.5) is 5.95 Å². The predicted octanol–water partition coefficient (Wildman–Crippen LogP) is 3.21. The van der Waals surface area contributed by atoms with Gasteiger partial charge in [0.15, 0.2) is 0 Å². The van der Waals surface area contributed by atoms with Gasteiger partial charge in [0, 0.05) is 18.9 Å². The van der Waals surface area contributed by atoms with Crippen molar-refractivity contribution < 1.29 is 0 Å². The van der Waals surface area contributed by atoms with Gasteiger partial charge in [-0.05, 0) is 26.0 Å². The molecule has 3 N–H and O–H groups in total. The Hall–Kier alpha value is -1.16. The minimum Gasteiger partial charge on any atom is -0.355 e. The topological polar surface area (TPSA) is 63.8 Å². The number of nitrogens with two attached hydrogens (primary N) is 1. The van der Waals surface area contributed by atoms with Crippen molar-refractivity contribution in [1.82, 2.24) is 9.97 Å². The molecular weight excluding hydrogens is 224 g/mol. The van der Waals surface area contributed by atoms with Gasteiger partial charge < -0.3 is 11.1 Å². The predicted molar refractivity (Wildman–Crippen MR) is 78.6 cm³/mol. The summed E-state index contributed by atoms with van der Waals surface area (Å²) in [5.41, 5.74) is 5.34. The zero-order valence-electron chi connectivity index (χ0n) is 11.9. The molecule has 104 valence electrons. The Morgan fingerprint density at radius 3 is 2.17 bits per heavy atom. The average molecular weight is 252 g/mol. The monoisotopic (exact) mass is 252 g/mol. The third-order valence-corrected chi connectivity index (χ3v) is 2.46. The summed E-state index contributed by atoms with van der Waals surface area (Å²) in [5.74, 6) is 0.694. The van der Waals surface area contributed by atoms with Crippen molar-refractivity contribution in [3.8, 4) is 0 Å². The quantitative estimate of drug-likeness (QED) is 0.697. The number of hydrogen-bond acceptors (Lipinski definition) is 4. The Balaban J connectivity index is 0.000000321. The molecule has 0 aromatic carbocycles. The minimum absolute atomic E-state index is 0.694. The maximum atomic E-state index is 5.34. The molecule has 0 aliphatic carbocycles. The summed E-state index contributed by atoms with van der Waals surface area (Å²) in [6, 6.07) is 1.79. The molecule has 4 nitrogen and oxygen atoms in total. The number of anilines is 1. The molecule has 0 unspecified atom stereocenters. The lowest BCUT2D eigenvalue weighted by atomic mass is 10.1. The van der Waals surface area contributed by atoms with Gasteiger partial charge in [-0.2, -0.15) is 0 Å². The van der Waals surface area contributed by atoms with Crippen molar-refractivity contribution in [3.05, 3.63) is 18.5 Å². The van der Waals surface area contributed by atoms with Crippen molar-refractivity contribution in [1.29, 1.82) is 0 Å². The average Bonchev–Trinajstić information content (AvgIpc) is 2.41. The van der Waals surface area contributed by atoms with E-state index in [1.165, 1.54) is 38.5 Å². The fourth-order valence-electron chi connectivity index (χ4n) is 1.47. The smallest absolute Gasteiger partial charge is 0.222 e. The van der Waals surface area contributed by atoms with E-state index in [9.17, 15) is 0 Å². The molecule has 0 saturated heterocycles. The molecule has 0 fully saturated rings. The highest BCUT2D eigenvalue weighted by molar-refractivity contribution is 5.20. The van der Waals surface area contributed by atoms with Crippen LogP contribution in [0.15, 0.2) is 18.5 Å². The lowest BCUT2D eigenvalue weighted by Crippen LogP contribution is -2.00. The van der Waals surface area contributed by atoms with Crippen molar-refractivity contribution >= 4 is 5.95 Å². The van der Waals surface area contributed by atoms with Crippen LogP contribution in [0.3, 0.4) is 0 Å². The van der Waals surface area contributed by atoms with Gasteiger partial charge in [-0.15, -0.1) is 0 Å². The molecule has 1 heterocycles. The summed E-state index contributed by atoms with van der Waals surface area (Å²) >= 11 is 0. The zero-order chi connectivity index (χ0) is 13.5. The first-order valence-electron chi connectivity index (χ1n) is 7.06. The van der Waals surface area contributed by atoms with Gasteiger partial charge in [-0.1, -0.05) is 39.0 Å². The van der Waals surface area contributed by atoms with Gasteiger partial charge in [0.25, 0.3) is 0 Å². The summed E-state index contributed by atoms with van der Waals surface area (Å²) < 4.78 is 0. The Labute approximate surface area is 111 Å². The lowest BCUT2D eigenvalue weighted by Gasteiger charge is -1.96. The van der Waals surface area contributed by atoms with E-state index >= 15 is 0 Å². The normalized spacial score (nSPS) is 9.50. The van der Waals surface area contributed by atoms with Crippen molar-refractivity contribution in [3.63, 3.8) is 0 Å². The van der Waals surface area contributed by atoms with Crippen molar-refractivity contribution in [2.75, 3.05) is 18.4 Å². The summed E-state index contributed by atoms with van der Waals surface area (Å²) in [7, 11) is 0. The maximum Gasteiger partial charge on any atom is 0.222 e. The number of rotatable bonds is 8. The highest BCUT2D eigenvalue weighted by Gasteiger charge is 1.86. The third kappa shape index (κ3) is 11.3. The Morgan fingerprint density at radius 1 is 1.00 bits per heavy atom. The van der Waals surface area contributed by atoms with Crippen LogP contribution in [0.25, 0.3) is 0 Å². The zero-order valence-corrected chi connectivity index (χ0v) is 11.9. The summed E-state index contributed by atoms with van der Waals surface area (Å²) in [5, 5.41) is 2.99. The van der Waals surface area contributed by atoms with Crippen LogP contribution < -0.4 is 11.1 Å². The molecule has 18 heavy (non-hydrogen) atoms. The van der Waals surface area contributed by atoms with Crippen molar-refractivity contribution in [2.24, 2.45) is 5.73 Å². The number of nitrogens with one attached hydrogen (secondary N) is 1. The molecule has 0 radical (unpaired) electrons. The Kier molecular flexibility index (Phi) is 13.0. The maximum absolute atomic E-state index is 5.34. The molecule has 1 aromatic heterocycles. The van der Waals surface area contributed by atoms with Gasteiger partial charge in [0.05, 0.1) is 0 Å². The van der Waals surface area contributed by atoms with Crippen LogP contribution in [0.5, 0.6) is 0 Å². The largest absolute Gasteiger partial charge is 0.355 e. The second kappa shape index (κ2) is 13.9. The summed E-state index contributed by atoms with van der Waals surface area (Å²) in [6.45, 7) is 5.98. The number of unbranched alkanes of at least 4 members (excludes halogenated alkanes) is 5. The minimum atomic E-state index is 0.694. The first-order valence-corrected chi connectivity index (χ1v) is 7.06. The fourth-order valence-corrected chi connectivity index (χ4v) is 1.47. The van der Waals surface area contributed by atoms with Gasteiger partial charge in [-0.3, -0.25) is 0 Å². The molecule has 0 saturated carbocycles. The second-order valence-electron chi connectivity index (χ2n) is 4.16. The van der Waals surface area contributed by atoms with Crippen LogP contribution in [-0.2, 0) is 0 Å². The molecule has 1 aromatic rings. The van der Waals surface area contributed by atoms with Gasteiger partial charge in [-0.25, -0.2) is 9.97 Å². The van der Waals surface area contributed by atoms with Crippen LogP contribution in [0, 0.1) is 0 Å². The second-order valence-corrected chi connectivity index (χ2v) is 4.16. The molecule has 4 heteroatoms. The molecule has 0 aliphatic rings. The Bertz CT molecular complexity index is 245. The summed E-state index contributed by atoms with van der Waals surface area (Å²) in [4.78, 5) is 7.89. The molecule has 0 atom stereocenters. The third-order valence-electron chi connectivity index (χ3n) is 2.46. The van der Waals surface area contributed by atoms with Crippen LogP contribution >= 0.6 is 0 Å². The Morgan fingerprint density at radius 2 is 1.61 bits per heavy atom. The highest BCUT2D eigenvalue weighted by Crippen LogP contribution is 2.03. The van der Waals surface area contributed by atoms with Crippen molar-refractivity contribution in [2.45, 2.75) is 52.4 Å². The standard InChI is InChI=1S/C8H19N.C6H9N3/c1-2-3-4-5-6-7-8-9;1-2-7-6-8-4-3-5-9-6/h2-9H2,1H3;3-5H,2H2,1H3,(H,7,8,9). The van der Waals surface area contributed by atoms with Gasteiger partial charge in [0.1, 0.15) is 0 Å². The van der Waals surface area contributed by atoms with Crippen LogP contribution in [0.1, 0.15) is 52.4 Å². The van der Waals surface area contributed by atoms with E-state index in [1.54, 1.807) is 18.5 Å². The molecule has 1 rings (SSSR count). The van der Waals surface area contributed by atoms with E-state index in [0.29, 0.717) is 5.95 Å². The first kappa shape index (κ1) is 16.8. The van der Waals surface area contributed by atoms with Crippen LogP contribution in [0.2, 0.25) is 0 Å². The lowest BCUT2D eigenvalue weighted by molar-refractivity contribution is 0.612. The van der Waals surface area contributed by atoms with Gasteiger partial charge >= 0.3 is 0 Å². The van der Waals surface area contributed by atoms with E-state index in [-0.39, 0.29) is 0 Å². The molecule has 0 bridgehead atoms. The molecular formula is C14H28N4. The van der Waals surface area contributed by atoms with E-state index in [2.05, 4.69) is 22.2 Å². The number of hydrogen-bond donors (Lipinski definition) is 2. The van der Waals surface area contributed by atoms with Gasteiger partial charge in [0.2, 0.25) is 5.95 Å². The SMILES string of the molecule is CCCCCCCCN.CCNc1ncccn1. The molecule has 0 spiro atoms.